The van der Waals surface area contributed by atoms with Crippen molar-refractivity contribution < 1.29 is 19.4 Å². The molecule has 0 saturated carbocycles. The van der Waals surface area contributed by atoms with Crippen LogP contribution in [-0.2, 0) is 4.79 Å². The van der Waals surface area contributed by atoms with Crippen LogP contribution in [0.1, 0.15) is 111 Å². The summed E-state index contributed by atoms with van der Waals surface area (Å²) in [6.45, 7) is 33.9. The minimum absolute atomic E-state index is 0.0244. The summed E-state index contributed by atoms with van der Waals surface area (Å²) in [5.74, 6) is 0.307. The first kappa shape index (κ1) is 77.0. The minimum Gasteiger partial charge on any atom is -0.487 e. The molecule has 0 saturated heterocycles. The highest BCUT2D eigenvalue weighted by Crippen LogP contribution is 2.28. The number of nitrogens with zero attached hydrogens (tertiary/aromatic N) is 3. The third kappa shape index (κ3) is 33.5. The van der Waals surface area contributed by atoms with Crippen molar-refractivity contribution in [1.82, 2.24) is 0 Å². The molecule has 12 nitrogen and oxygen atoms in total. The normalized spacial score (nSPS) is 9.71. The van der Waals surface area contributed by atoms with Gasteiger partial charge in [0.2, 0.25) is 5.91 Å². The highest BCUT2D eigenvalue weighted by molar-refractivity contribution is 6.42. The SMILES string of the molecule is CC(=O)Nc1cc(C)ccc1C.CCOc1ccc(C)cc1[N+](=O)[O-].Cc1cc(C)cc(C)c1.Cc1ccc(C)c(NCCCCCN)c1.Cc1ccc(C)cc1.Cc1ccc(Cl)c(Cl)c1.Cc1ccc(N(C)C)cc1.Cc1cccc([N+](=O)[O-])c1C. The van der Waals surface area contributed by atoms with Gasteiger partial charge in [-0.1, -0.05) is 166 Å². The Hall–Kier alpha value is -8.03. The first-order chi connectivity index (χ1) is 41.0. The van der Waals surface area contributed by atoms with E-state index in [0.29, 0.717) is 22.4 Å². The average Bonchev–Trinajstić information content (AvgIpc) is 3.55. The molecule has 4 N–H and O–H groups in total. The van der Waals surface area contributed by atoms with Crippen molar-refractivity contribution >= 4 is 57.5 Å². The van der Waals surface area contributed by atoms with Gasteiger partial charge in [0.05, 0.1) is 26.5 Å². The first-order valence-corrected chi connectivity index (χ1v) is 29.9. The third-order valence-corrected chi connectivity index (χ3v) is 13.6. The summed E-state index contributed by atoms with van der Waals surface area (Å²) >= 11 is 11.3. The van der Waals surface area contributed by atoms with Crippen LogP contribution in [0, 0.1) is 117 Å². The van der Waals surface area contributed by atoms with Gasteiger partial charge in [-0.05, 0) is 205 Å². The number of hydrogen-bond donors (Lipinski definition) is 3. The molecule has 0 aliphatic carbocycles. The van der Waals surface area contributed by atoms with Gasteiger partial charge in [-0.3, -0.25) is 25.0 Å². The van der Waals surface area contributed by atoms with E-state index in [9.17, 15) is 25.0 Å². The van der Waals surface area contributed by atoms with Gasteiger partial charge < -0.3 is 26.0 Å². The Kier molecular flexibility index (Phi) is 37.1. The van der Waals surface area contributed by atoms with E-state index in [1.165, 1.54) is 87.8 Å². The summed E-state index contributed by atoms with van der Waals surface area (Å²) in [5.41, 5.74) is 25.7. The van der Waals surface area contributed by atoms with Crippen molar-refractivity contribution in [1.29, 1.82) is 0 Å². The zero-order valence-corrected chi connectivity index (χ0v) is 56.4. The molecule has 0 bridgehead atoms. The molecule has 1 amide bonds. The highest BCUT2D eigenvalue weighted by Gasteiger charge is 2.14. The maximum atomic E-state index is 10.8. The molecule has 14 heteroatoms. The number of amides is 1. The third-order valence-electron chi connectivity index (χ3n) is 12.9. The number of nitrogens with two attached hydrogens (primary N) is 1. The molecule has 0 aromatic heterocycles. The molecule has 8 rings (SSSR count). The lowest BCUT2D eigenvalue weighted by atomic mass is 10.1. The summed E-state index contributed by atoms with van der Waals surface area (Å²) in [4.78, 5) is 33.0. The Labute approximate surface area is 530 Å². The predicted molar refractivity (Wildman–Crippen MR) is 372 cm³/mol. The topological polar surface area (TPSA) is 166 Å². The van der Waals surface area contributed by atoms with Crippen LogP contribution in [0.4, 0.5) is 28.4 Å². The Morgan fingerprint density at radius 1 is 0.494 bits per heavy atom. The number of carbonyl (C=O) groups is 1. The second-order valence-corrected chi connectivity index (χ2v) is 22.5. The Morgan fingerprint density at radius 3 is 1.37 bits per heavy atom. The summed E-state index contributed by atoms with van der Waals surface area (Å²) < 4.78 is 5.11. The maximum absolute atomic E-state index is 10.8. The number of anilines is 3. The van der Waals surface area contributed by atoms with E-state index in [1.54, 1.807) is 38.1 Å². The lowest BCUT2D eigenvalue weighted by molar-refractivity contribution is -0.385. The van der Waals surface area contributed by atoms with E-state index in [1.807, 2.05) is 85.1 Å². The van der Waals surface area contributed by atoms with Gasteiger partial charge in [-0.15, -0.1) is 0 Å². The molecule has 0 aliphatic rings. The van der Waals surface area contributed by atoms with E-state index >= 15 is 0 Å². The first-order valence-electron chi connectivity index (χ1n) is 29.2. The number of nitro groups is 2. The van der Waals surface area contributed by atoms with Gasteiger partial charge in [0.15, 0.2) is 5.75 Å². The van der Waals surface area contributed by atoms with Crippen LogP contribution in [-0.4, -0.2) is 49.5 Å². The smallest absolute Gasteiger partial charge is 0.311 e. The van der Waals surface area contributed by atoms with Crippen LogP contribution >= 0.6 is 23.2 Å². The fourth-order valence-corrected chi connectivity index (χ4v) is 8.27. The molecular weight excluding hydrogens is 1130 g/mol. The number of nitrogens with one attached hydrogen (secondary N) is 2. The van der Waals surface area contributed by atoms with Crippen molar-refractivity contribution in [3.8, 4) is 5.75 Å². The number of benzene rings is 8. The van der Waals surface area contributed by atoms with E-state index < -0.39 is 4.92 Å². The quantitative estimate of drug-likeness (QED) is 0.0613. The summed E-state index contributed by atoms with van der Waals surface area (Å²) in [7, 11) is 4.09. The van der Waals surface area contributed by atoms with Crippen molar-refractivity contribution in [3.05, 3.63) is 266 Å². The van der Waals surface area contributed by atoms with Crippen LogP contribution in [0.15, 0.2) is 158 Å². The van der Waals surface area contributed by atoms with Crippen molar-refractivity contribution in [2.24, 2.45) is 5.73 Å². The molecule has 8 aromatic rings. The molecule has 0 radical (unpaired) electrons. The molecule has 0 unspecified atom stereocenters. The maximum Gasteiger partial charge on any atom is 0.311 e. The molecule has 87 heavy (non-hydrogen) atoms. The van der Waals surface area contributed by atoms with Crippen LogP contribution in [0.5, 0.6) is 5.75 Å². The summed E-state index contributed by atoms with van der Waals surface area (Å²) in [6.07, 6.45) is 3.55. The Balaban J connectivity index is 0.000000501. The lowest BCUT2D eigenvalue weighted by Crippen LogP contribution is -2.07. The van der Waals surface area contributed by atoms with Gasteiger partial charge in [-0.25, -0.2) is 0 Å². The fourth-order valence-electron chi connectivity index (χ4n) is 7.92. The molecular formula is C73H96Cl2N6O6. The number of ether oxygens (including phenoxy) is 1. The number of unbranched alkanes of at least 4 members (excludes halogenated alkanes) is 2. The van der Waals surface area contributed by atoms with Gasteiger partial charge in [0.25, 0.3) is 5.69 Å². The molecule has 8 aromatic carbocycles. The van der Waals surface area contributed by atoms with Crippen LogP contribution in [0.25, 0.3) is 0 Å². The Morgan fingerprint density at radius 2 is 0.931 bits per heavy atom. The van der Waals surface area contributed by atoms with Gasteiger partial charge in [-0.2, -0.15) is 0 Å². The van der Waals surface area contributed by atoms with Crippen LogP contribution in [0.3, 0.4) is 0 Å². The molecule has 468 valence electrons. The number of halogens is 2. The van der Waals surface area contributed by atoms with E-state index in [0.717, 1.165) is 58.6 Å². The number of hydrogen-bond acceptors (Lipinski definition) is 9. The average molecular weight is 1220 g/mol. The minimum atomic E-state index is -0.433. The van der Waals surface area contributed by atoms with Gasteiger partial charge >= 0.3 is 5.69 Å². The Bertz CT molecular complexity index is 3280. The van der Waals surface area contributed by atoms with Gasteiger partial charge in [0, 0.05) is 62.3 Å². The second kappa shape index (κ2) is 41.9. The van der Waals surface area contributed by atoms with E-state index in [2.05, 4.69) is 156 Å². The molecule has 0 atom stereocenters. The summed E-state index contributed by atoms with van der Waals surface area (Å²) in [6, 6.07) is 51.6. The molecule has 0 spiro atoms. The zero-order valence-electron chi connectivity index (χ0n) is 54.9. The van der Waals surface area contributed by atoms with E-state index in [-0.39, 0.29) is 22.2 Å². The highest BCUT2D eigenvalue weighted by atomic mass is 35.5. The summed E-state index contributed by atoms with van der Waals surface area (Å²) in [5, 5.41) is 28.4. The van der Waals surface area contributed by atoms with Crippen molar-refractivity contribution in [3.63, 3.8) is 0 Å². The second-order valence-electron chi connectivity index (χ2n) is 21.7. The standard InChI is InChI=1S/C13H22N2.C10H13NO.C9H11NO3.C9H13N.C9H12.C8H9NO2.C8H10.C7H6Cl2/c1-11-6-7-12(2)13(10-11)15-9-5-3-4-8-14;1-7-4-5-8(2)10(6-7)11-9(3)12;1-3-13-9-5-4-7(2)6-8(9)10(11)12;1-8-4-6-9(7-5-8)10(2)3;1-7-4-8(2)6-9(3)5-7;1-6-4-3-5-8(7(6)2)9(10)11;1-7-3-5-8(2)6-4-7;1-5-2-3-6(8)7(9)4-5/h6-7,10,15H,3-5,8-9,14H2,1-2H3;4-6H,1-3H3,(H,11,12);4-6H,3H2,1-2H3;4-7H,1-3H3;4-6H,1-3H3;3-5H,1-2H3;3-6H,1-2H3;2-4H,1H3. The monoisotopic (exact) mass is 1220 g/mol. The number of nitro benzene ring substituents is 2. The predicted octanol–water partition coefficient (Wildman–Crippen LogP) is 19.9. The van der Waals surface area contributed by atoms with Crippen LogP contribution in [0.2, 0.25) is 10.0 Å². The fraction of sp³-hybridized carbons (Fsp3) is 0.329. The number of rotatable bonds is 12. The molecule has 0 fully saturated rings. The van der Waals surface area contributed by atoms with Crippen molar-refractivity contribution in [2.45, 2.75) is 130 Å². The largest absolute Gasteiger partial charge is 0.487 e. The number of aryl methyl sites for hydroxylation is 13. The van der Waals surface area contributed by atoms with Crippen LogP contribution < -0.4 is 26.0 Å². The van der Waals surface area contributed by atoms with E-state index in [4.69, 9.17) is 33.7 Å². The zero-order chi connectivity index (χ0) is 65.8. The molecule has 0 heterocycles. The number of carbonyl (C=O) groups excluding carboxylic acids is 1. The van der Waals surface area contributed by atoms with Gasteiger partial charge in [0.1, 0.15) is 0 Å². The molecule has 0 aliphatic heterocycles. The van der Waals surface area contributed by atoms with Crippen molar-refractivity contribution in [2.75, 3.05) is 49.3 Å². The lowest BCUT2D eigenvalue weighted by Gasteiger charge is -2.11.